The van der Waals surface area contributed by atoms with Gasteiger partial charge in [-0.2, -0.15) is 0 Å². The maximum Gasteiger partial charge on any atom is 0.323 e. The molecule has 0 bridgehead atoms. The van der Waals surface area contributed by atoms with Crippen molar-refractivity contribution in [2.45, 2.75) is 65.9 Å². The number of aliphatic carboxylic acids is 1. The van der Waals surface area contributed by atoms with E-state index in [4.69, 9.17) is 39.5 Å². The maximum absolute atomic E-state index is 13.8. The summed E-state index contributed by atoms with van der Waals surface area (Å²) >= 11 is 19.5. The van der Waals surface area contributed by atoms with Crippen LogP contribution in [0.25, 0.3) is 0 Å². The van der Waals surface area contributed by atoms with Gasteiger partial charge in [0.25, 0.3) is 0 Å². The number of ketones is 2. The molecule has 1 N–H and O–H groups in total. The van der Waals surface area contributed by atoms with E-state index in [0.29, 0.717) is 51.7 Å². The number of hydrogen-bond donors (Lipinski definition) is 1. The first kappa shape index (κ1) is 29.7. The van der Waals surface area contributed by atoms with Crippen molar-refractivity contribution in [3.05, 3.63) is 85.1 Å². The van der Waals surface area contributed by atoms with Crippen molar-refractivity contribution in [2.24, 2.45) is 10.8 Å². The van der Waals surface area contributed by atoms with E-state index >= 15 is 0 Å². The van der Waals surface area contributed by atoms with Crippen LogP contribution in [0.3, 0.4) is 0 Å². The molecule has 0 radical (unpaired) electrons. The summed E-state index contributed by atoms with van der Waals surface area (Å²) in [6.07, 6.45) is 1.59. The Bertz CT molecular complexity index is 1440. The van der Waals surface area contributed by atoms with E-state index in [1.165, 1.54) is 0 Å². The molecule has 3 aliphatic rings. The number of rotatable bonds is 6. The molecule has 2 aliphatic carbocycles. The zero-order valence-corrected chi connectivity index (χ0v) is 25.7. The molecule has 0 atom stereocenters. The average molecular weight is 617 g/mol. The molecule has 0 amide bonds. The number of halogens is 3. The van der Waals surface area contributed by atoms with Crippen LogP contribution in [0.5, 0.6) is 5.75 Å². The summed E-state index contributed by atoms with van der Waals surface area (Å²) in [6.45, 7) is 7.91. The summed E-state index contributed by atoms with van der Waals surface area (Å²) in [5.41, 5.74) is 3.01. The second kappa shape index (κ2) is 10.8. The van der Waals surface area contributed by atoms with Gasteiger partial charge in [0, 0.05) is 46.3 Å². The molecular formula is C32H32Cl3NO5. The number of carboxylic acids is 1. The molecule has 0 fully saturated rings. The number of carbonyl (C=O) groups excluding carboxylic acids is 2. The molecule has 0 aromatic heterocycles. The fraction of sp³-hybridized carbons (Fsp3) is 0.406. The largest absolute Gasteiger partial charge is 0.486 e. The Morgan fingerprint density at radius 2 is 1.37 bits per heavy atom. The molecule has 0 spiro atoms. The highest BCUT2D eigenvalue weighted by molar-refractivity contribution is 6.37. The highest BCUT2D eigenvalue weighted by Gasteiger charge is 2.49. The van der Waals surface area contributed by atoms with Gasteiger partial charge in [0.1, 0.15) is 13.2 Å². The zero-order valence-electron chi connectivity index (χ0n) is 23.4. The van der Waals surface area contributed by atoms with E-state index in [1.54, 1.807) is 29.2 Å². The van der Waals surface area contributed by atoms with Crippen LogP contribution >= 0.6 is 34.8 Å². The Morgan fingerprint density at radius 3 is 1.83 bits per heavy atom. The number of nitrogens with zero attached hydrogens (tertiary/aromatic N) is 1. The molecule has 0 saturated heterocycles. The molecule has 0 unspecified atom stereocenters. The van der Waals surface area contributed by atoms with Crippen LogP contribution in [0.15, 0.2) is 58.9 Å². The minimum Gasteiger partial charge on any atom is -0.486 e. The van der Waals surface area contributed by atoms with Crippen molar-refractivity contribution in [1.82, 2.24) is 4.90 Å². The lowest BCUT2D eigenvalue weighted by atomic mass is 9.63. The van der Waals surface area contributed by atoms with E-state index in [0.717, 1.165) is 5.56 Å². The normalized spacial score (nSPS) is 20.2. The molecule has 0 saturated carbocycles. The van der Waals surface area contributed by atoms with Crippen molar-refractivity contribution >= 4 is 52.3 Å². The van der Waals surface area contributed by atoms with Crippen molar-refractivity contribution in [2.75, 3.05) is 6.54 Å². The molecule has 5 rings (SSSR count). The molecule has 6 nitrogen and oxygen atoms in total. The summed E-state index contributed by atoms with van der Waals surface area (Å²) in [7, 11) is 0. The smallest absolute Gasteiger partial charge is 0.323 e. The number of hydrogen-bond acceptors (Lipinski definition) is 5. The van der Waals surface area contributed by atoms with Crippen LogP contribution in [0, 0.1) is 10.8 Å². The Labute approximate surface area is 254 Å². The number of Topliss-reactive ketones (excluding diaryl/α,β-unsaturated/α-hetero) is 2. The molecule has 1 aliphatic heterocycles. The fourth-order valence-corrected chi connectivity index (χ4v) is 7.07. The third-order valence-corrected chi connectivity index (χ3v) is 8.78. The maximum atomic E-state index is 13.8. The van der Waals surface area contributed by atoms with Crippen LogP contribution in [0.1, 0.15) is 70.4 Å². The van der Waals surface area contributed by atoms with E-state index in [2.05, 4.69) is 0 Å². The topological polar surface area (TPSA) is 83.9 Å². The van der Waals surface area contributed by atoms with E-state index in [1.807, 2.05) is 39.8 Å². The van der Waals surface area contributed by atoms with Gasteiger partial charge in [-0.05, 0) is 59.1 Å². The summed E-state index contributed by atoms with van der Waals surface area (Å²) in [5.74, 6) is -1.63. The van der Waals surface area contributed by atoms with E-state index < -0.39 is 11.9 Å². The van der Waals surface area contributed by atoms with Crippen molar-refractivity contribution in [3.63, 3.8) is 0 Å². The van der Waals surface area contributed by atoms with Gasteiger partial charge in [-0.25, -0.2) is 0 Å². The summed E-state index contributed by atoms with van der Waals surface area (Å²) in [6, 6.07) is 10.6. The Kier molecular flexibility index (Phi) is 7.82. The third kappa shape index (κ3) is 5.93. The first-order valence-corrected chi connectivity index (χ1v) is 14.7. The third-order valence-electron chi connectivity index (χ3n) is 7.97. The first-order valence-electron chi connectivity index (χ1n) is 13.5. The predicted molar refractivity (Wildman–Crippen MR) is 159 cm³/mol. The van der Waals surface area contributed by atoms with Gasteiger partial charge < -0.3 is 14.7 Å². The van der Waals surface area contributed by atoms with Gasteiger partial charge in [-0.1, -0.05) is 74.6 Å². The lowest BCUT2D eigenvalue weighted by Crippen LogP contribution is -2.45. The van der Waals surface area contributed by atoms with Crippen LogP contribution in [0.4, 0.5) is 0 Å². The molecule has 2 aromatic rings. The Morgan fingerprint density at radius 1 is 0.878 bits per heavy atom. The van der Waals surface area contributed by atoms with Crippen LogP contribution in [-0.4, -0.2) is 34.1 Å². The molecule has 216 valence electrons. The standard InChI is InChI=1S/C32H32Cl3NO5/c1-31(2)11-22-28(24(37)13-31)27(29-23(36(22)15-26(39)40)12-32(3,4)14-25(29)38)18-9-20(34)30(21(35)10-18)41-16-17-5-7-19(33)8-6-17/h5-10,27H,11-16H2,1-4H3,(H,39,40). The summed E-state index contributed by atoms with van der Waals surface area (Å²) in [4.78, 5) is 41.4. The SMILES string of the molecule is CC1(C)CC(=O)C2=C(C1)N(CC(=O)O)C1=C(C(=O)CC(C)(C)C1)C2c1cc(Cl)c(OCc2ccc(Cl)cc2)c(Cl)c1. The summed E-state index contributed by atoms with van der Waals surface area (Å²) < 4.78 is 5.97. The average Bonchev–Trinajstić information content (AvgIpc) is 2.83. The number of benzene rings is 2. The number of ether oxygens (including phenoxy) is 1. The number of allylic oxidation sites excluding steroid dienone is 4. The predicted octanol–water partition coefficient (Wildman–Crippen LogP) is 8.00. The van der Waals surface area contributed by atoms with Crippen LogP contribution in [-0.2, 0) is 21.0 Å². The van der Waals surface area contributed by atoms with Gasteiger partial charge in [0.05, 0.1) is 10.0 Å². The van der Waals surface area contributed by atoms with Gasteiger partial charge in [-0.3, -0.25) is 14.4 Å². The Hall–Kier alpha value is -2.80. The highest BCUT2D eigenvalue weighted by atomic mass is 35.5. The molecule has 41 heavy (non-hydrogen) atoms. The lowest BCUT2D eigenvalue weighted by Gasteiger charge is -2.48. The van der Waals surface area contributed by atoms with Crippen LogP contribution in [0.2, 0.25) is 15.1 Å². The van der Waals surface area contributed by atoms with E-state index in [9.17, 15) is 19.5 Å². The van der Waals surface area contributed by atoms with Crippen LogP contribution < -0.4 is 4.74 Å². The molecule has 1 heterocycles. The minimum absolute atomic E-state index is 0.101. The number of carboxylic acid groups (broad SMARTS) is 1. The number of carbonyl (C=O) groups is 3. The van der Waals surface area contributed by atoms with Gasteiger partial charge in [0.2, 0.25) is 0 Å². The Balaban J connectivity index is 1.64. The fourth-order valence-electron chi connectivity index (χ4n) is 6.33. The second-order valence-electron chi connectivity index (χ2n) is 12.7. The van der Waals surface area contributed by atoms with Gasteiger partial charge >= 0.3 is 5.97 Å². The summed E-state index contributed by atoms with van der Waals surface area (Å²) in [5, 5.41) is 11.0. The van der Waals surface area contributed by atoms with E-state index in [-0.39, 0.29) is 58.4 Å². The molecule has 2 aromatic carbocycles. The van der Waals surface area contributed by atoms with Crippen molar-refractivity contribution in [1.29, 1.82) is 0 Å². The van der Waals surface area contributed by atoms with Crippen molar-refractivity contribution < 1.29 is 24.2 Å². The van der Waals surface area contributed by atoms with Gasteiger partial charge in [-0.15, -0.1) is 0 Å². The quantitative estimate of drug-likeness (QED) is 0.354. The monoisotopic (exact) mass is 615 g/mol. The van der Waals surface area contributed by atoms with Gasteiger partial charge in [0.15, 0.2) is 17.3 Å². The second-order valence-corrected chi connectivity index (χ2v) is 14.0. The molecule has 9 heteroatoms. The minimum atomic E-state index is -1.03. The highest BCUT2D eigenvalue weighted by Crippen LogP contribution is 2.55. The zero-order chi connectivity index (χ0) is 29.9. The molecular weight excluding hydrogens is 585 g/mol. The lowest BCUT2D eigenvalue weighted by molar-refractivity contribution is -0.138. The first-order chi connectivity index (χ1) is 19.2. The van der Waals surface area contributed by atoms with Crippen molar-refractivity contribution in [3.8, 4) is 5.75 Å².